The van der Waals surface area contributed by atoms with Gasteiger partial charge in [-0.1, -0.05) is 43.6 Å². The molecular formula is C12H15ClO. The Balaban J connectivity index is 2.37. The quantitative estimate of drug-likeness (QED) is 0.755. The summed E-state index contributed by atoms with van der Waals surface area (Å²) < 4.78 is 0. The molecule has 0 radical (unpaired) electrons. The maximum absolute atomic E-state index is 10.4. The van der Waals surface area contributed by atoms with Crippen LogP contribution in [0.25, 0.3) is 0 Å². The Labute approximate surface area is 89.7 Å². The minimum Gasteiger partial charge on any atom is -0.385 e. The highest BCUT2D eigenvalue weighted by Crippen LogP contribution is 2.51. The molecule has 3 atom stereocenters. The number of hydrogen-bond acceptors (Lipinski definition) is 1. The van der Waals surface area contributed by atoms with Crippen molar-refractivity contribution in [3.05, 3.63) is 34.9 Å². The van der Waals surface area contributed by atoms with Gasteiger partial charge in [-0.25, -0.2) is 0 Å². The van der Waals surface area contributed by atoms with Crippen molar-refractivity contribution in [3.63, 3.8) is 0 Å². The maximum atomic E-state index is 10.4. The van der Waals surface area contributed by atoms with Gasteiger partial charge in [0, 0.05) is 10.6 Å². The third kappa shape index (κ3) is 1.27. The summed E-state index contributed by atoms with van der Waals surface area (Å²) in [5.74, 6) is 0.874. The van der Waals surface area contributed by atoms with E-state index in [1.165, 1.54) is 0 Å². The highest BCUT2D eigenvalue weighted by Gasteiger charge is 2.49. The third-order valence-corrected chi connectivity index (χ3v) is 3.91. The molecule has 1 saturated carbocycles. The van der Waals surface area contributed by atoms with Gasteiger partial charge in [0.15, 0.2) is 0 Å². The normalized spacial score (nSPS) is 36.6. The van der Waals surface area contributed by atoms with E-state index in [4.69, 9.17) is 11.6 Å². The molecule has 2 heteroatoms. The zero-order valence-electron chi connectivity index (χ0n) is 8.50. The molecule has 1 fully saturated rings. The van der Waals surface area contributed by atoms with E-state index in [-0.39, 0.29) is 0 Å². The molecule has 0 amide bonds. The van der Waals surface area contributed by atoms with E-state index in [1.807, 2.05) is 24.3 Å². The lowest BCUT2D eigenvalue weighted by Gasteiger charge is -2.49. The molecule has 1 aromatic rings. The molecule has 1 N–H and O–H groups in total. The summed E-state index contributed by atoms with van der Waals surface area (Å²) in [5.41, 5.74) is 0.185. The van der Waals surface area contributed by atoms with Gasteiger partial charge in [-0.3, -0.25) is 0 Å². The molecule has 1 aliphatic carbocycles. The molecule has 1 nitrogen and oxygen atoms in total. The van der Waals surface area contributed by atoms with Crippen LogP contribution in [0.15, 0.2) is 24.3 Å². The van der Waals surface area contributed by atoms with Crippen LogP contribution in [0.2, 0.25) is 5.02 Å². The lowest BCUT2D eigenvalue weighted by molar-refractivity contribution is -0.132. The SMILES string of the molecule is CC1CC(O)(c2ccccc2Cl)C1C. The van der Waals surface area contributed by atoms with Gasteiger partial charge in [-0.2, -0.15) is 0 Å². The van der Waals surface area contributed by atoms with Gasteiger partial charge in [-0.15, -0.1) is 0 Å². The van der Waals surface area contributed by atoms with Crippen molar-refractivity contribution < 1.29 is 5.11 Å². The van der Waals surface area contributed by atoms with E-state index in [1.54, 1.807) is 0 Å². The third-order valence-electron chi connectivity index (χ3n) is 3.58. The molecule has 1 aromatic carbocycles. The number of rotatable bonds is 1. The smallest absolute Gasteiger partial charge is 0.0941 e. The highest BCUT2D eigenvalue weighted by molar-refractivity contribution is 6.31. The monoisotopic (exact) mass is 210 g/mol. The average molecular weight is 211 g/mol. The predicted octanol–water partition coefficient (Wildman–Crippen LogP) is 3.20. The van der Waals surface area contributed by atoms with Gasteiger partial charge in [0.25, 0.3) is 0 Å². The first-order chi connectivity index (χ1) is 6.55. The van der Waals surface area contributed by atoms with Gasteiger partial charge in [0.05, 0.1) is 5.60 Å². The topological polar surface area (TPSA) is 20.2 Å². The molecule has 0 bridgehead atoms. The highest BCUT2D eigenvalue weighted by atomic mass is 35.5. The Morgan fingerprint density at radius 2 is 2.00 bits per heavy atom. The second-order valence-corrected chi connectivity index (χ2v) is 4.78. The van der Waals surface area contributed by atoms with Crippen molar-refractivity contribution in [1.82, 2.24) is 0 Å². The van der Waals surface area contributed by atoms with Gasteiger partial charge < -0.3 is 5.11 Å². The van der Waals surface area contributed by atoms with E-state index >= 15 is 0 Å². The Hall–Kier alpha value is -0.530. The van der Waals surface area contributed by atoms with Crippen LogP contribution >= 0.6 is 11.6 Å². The molecule has 0 aromatic heterocycles. The summed E-state index contributed by atoms with van der Waals surface area (Å²) in [5, 5.41) is 11.1. The molecular weight excluding hydrogens is 196 g/mol. The summed E-state index contributed by atoms with van der Waals surface area (Å²) in [7, 11) is 0. The summed E-state index contributed by atoms with van der Waals surface area (Å²) in [4.78, 5) is 0. The Kier molecular flexibility index (Phi) is 2.32. The zero-order chi connectivity index (χ0) is 10.3. The van der Waals surface area contributed by atoms with Crippen LogP contribution in [0.5, 0.6) is 0 Å². The molecule has 0 heterocycles. The lowest BCUT2D eigenvalue weighted by atomic mass is 9.60. The van der Waals surface area contributed by atoms with Crippen molar-refractivity contribution in [2.75, 3.05) is 0 Å². The number of hydrogen-bond donors (Lipinski definition) is 1. The zero-order valence-corrected chi connectivity index (χ0v) is 9.25. The predicted molar refractivity (Wildman–Crippen MR) is 58.3 cm³/mol. The molecule has 0 aliphatic heterocycles. The Morgan fingerprint density at radius 3 is 2.50 bits per heavy atom. The van der Waals surface area contributed by atoms with Crippen LogP contribution in [-0.2, 0) is 5.60 Å². The van der Waals surface area contributed by atoms with Gasteiger partial charge in [-0.05, 0) is 24.3 Å². The van der Waals surface area contributed by atoms with Crippen LogP contribution in [0.4, 0.5) is 0 Å². The molecule has 3 unspecified atom stereocenters. The summed E-state index contributed by atoms with van der Waals surface area (Å²) in [6.45, 7) is 4.24. The summed E-state index contributed by atoms with van der Waals surface area (Å²) >= 11 is 6.07. The minimum atomic E-state index is -0.697. The number of halogens is 1. The molecule has 0 spiro atoms. The van der Waals surface area contributed by atoms with Crippen molar-refractivity contribution in [3.8, 4) is 0 Å². The summed E-state index contributed by atoms with van der Waals surface area (Å²) in [6, 6.07) is 7.58. The number of aliphatic hydroxyl groups is 1. The Bertz CT molecular complexity index is 350. The molecule has 1 aliphatic rings. The largest absolute Gasteiger partial charge is 0.385 e. The second kappa shape index (κ2) is 3.25. The van der Waals surface area contributed by atoms with Crippen LogP contribution < -0.4 is 0 Å². The van der Waals surface area contributed by atoms with E-state index in [0.29, 0.717) is 16.9 Å². The van der Waals surface area contributed by atoms with Crippen molar-refractivity contribution in [2.24, 2.45) is 11.8 Å². The van der Waals surface area contributed by atoms with Crippen LogP contribution in [0, 0.1) is 11.8 Å². The molecule has 14 heavy (non-hydrogen) atoms. The fourth-order valence-corrected chi connectivity index (χ4v) is 2.63. The van der Waals surface area contributed by atoms with Crippen LogP contribution in [0.3, 0.4) is 0 Å². The molecule has 2 rings (SSSR count). The first-order valence-electron chi connectivity index (χ1n) is 5.03. The maximum Gasteiger partial charge on any atom is 0.0941 e. The van der Waals surface area contributed by atoms with E-state index in [2.05, 4.69) is 13.8 Å². The van der Waals surface area contributed by atoms with Crippen LogP contribution in [0.1, 0.15) is 25.8 Å². The summed E-state index contributed by atoms with van der Waals surface area (Å²) in [6.07, 6.45) is 0.817. The molecule has 0 saturated heterocycles. The number of benzene rings is 1. The van der Waals surface area contributed by atoms with Gasteiger partial charge in [0.2, 0.25) is 0 Å². The first kappa shape index (κ1) is 10.0. The average Bonchev–Trinajstić information content (AvgIpc) is 2.18. The Morgan fingerprint density at radius 1 is 1.36 bits per heavy atom. The van der Waals surface area contributed by atoms with E-state index < -0.39 is 5.60 Å². The standard InChI is InChI=1S/C12H15ClO/c1-8-7-12(14,9(8)2)10-5-3-4-6-11(10)13/h3-6,8-9,14H,7H2,1-2H3. The van der Waals surface area contributed by atoms with Gasteiger partial charge >= 0.3 is 0 Å². The van der Waals surface area contributed by atoms with Crippen molar-refractivity contribution in [1.29, 1.82) is 0 Å². The minimum absolute atomic E-state index is 0.294. The van der Waals surface area contributed by atoms with E-state index in [0.717, 1.165) is 12.0 Å². The second-order valence-electron chi connectivity index (χ2n) is 4.37. The first-order valence-corrected chi connectivity index (χ1v) is 5.41. The van der Waals surface area contributed by atoms with Crippen molar-refractivity contribution >= 4 is 11.6 Å². The van der Waals surface area contributed by atoms with Crippen molar-refractivity contribution in [2.45, 2.75) is 25.9 Å². The lowest BCUT2D eigenvalue weighted by Crippen LogP contribution is -2.48. The van der Waals surface area contributed by atoms with E-state index in [9.17, 15) is 5.11 Å². The van der Waals surface area contributed by atoms with Crippen LogP contribution in [-0.4, -0.2) is 5.11 Å². The fraction of sp³-hybridized carbons (Fsp3) is 0.500. The molecule has 76 valence electrons. The fourth-order valence-electron chi connectivity index (χ4n) is 2.33. The van der Waals surface area contributed by atoms with Gasteiger partial charge in [0.1, 0.15) is 0 Å².